The molecule has 0 aromatic carbocycles. The highest BCUT2D eigenvalue weighted by atomic mass is 33.1. The minimum Gasteiger partial charge on any atom is -0.379 e. The van der Waals surface area contributed by atoms with Gasteiger partial charge in [-0.3, -0.25) is 0 Å². The molecule has 0 amide bonds. The summed E-state index contributed by atoms with van der Waals surface area (Å²) in [5.41, 5.74) is 0. The van der Waals surface area contributed by atoms with Crippen molar-refractivity contribution in [1.29, 1.82) is 0 Å². The minimum absolute atomic E-state index is 0.142. The van der Waals surface area contributed by atoms with Crippen LogP contribution in [0.5, 0.6) is 0 Å². The van der Waals surface area contributed by atoms with Gasteiger partial charge in [-0.2, -0.15) is 0 Å². The van der Waals surface area contributed by atoms with Crippen molar-refractivity contribution in [2.45, 2.75) is 179 Å². The molecule has 3 nitrogen and oxygen atoms in total. The molecule has 0 radical (unpaired) electrons. The summed E-state index contributed by atoms with van der Waals surface area (Å²) < 4.78 is 12.4. The van der Waals surface area contributed by atoms with E-state index >= 15 is 0 Å². The van der Waals surface area contributed by atoms with Crippen LogP contribution in [0.1, 0.15) is 168 Å². The van der Waals surface area contributed by atoms with Gasteiger partial charge in [-0.1, -0.05) is 156 Å². The van der Waals surface area contributed by atoms with Crippen molar-refractivity contribution in [3.8, 4) is 0 Å². The highest BCUT2D eigenvalue weighted by Crippen LogP contribution is 2.30. The molecular formula is C44H75NO2S2. The molecule has 1 rings (SSSR count). The van der Waals surface area contributed by atoms with Crippen LogP contribution in [0, 0.1) is 0 Å². The third-order valence-electron chi connectivity index (χ3n) is 8.53. The van der Waals surface area contributed by atoms with Gasteiger partial charge in [-0.05, 0) is 100.0 Å². The molecule has 0 N–H and O–H groups in total. The highest BCUT2D eigenvalue weighted by molar-refractivity contribution is 8.76. The summed E-state index contributed by atoms with van der Waals surface area (Å²) in [6, 6.07) is 6.08. The highest BCUT2D eigenvalue weighted by Gasteiger charge is 2.11. The Labute approximate surface area is 312 Å². The molecule has 5 heteroatoms. The van der Waals surface area contributed by atoms with E-state index in [9.17, 15) is 0 Å². The van der Waals surface area contributed by atoms with E-state index in [4.69, 9.17) is 9.47 Å². The molecule has 1 atom stereocenters. The summed E-state index contributed by atoms with van der Waals surface area (Å²) in [5, 5.41) is 1.05. The van der Waals surface area contributed by atoms with Gasteiger partial charge in [0.2, 0.25) is 0 Å². The van der Waals surface area contributed by atoms with Crippen LogP contribution in [0.15, 0.2) is 78.0 Å². The summed E-state index contributed by atoms with van der Waals surface area (Å²) >= 11 is 0. The number of nitrogens with zero attached hydrogens (tertiary/aromatic N) is 1. The molecular weight excluding hydrogens is 639 g/mol. The second kappa shape index (κ2) is 39.5. The van der Waals surface area contributed by atoms with Crippen molar-refractivity contribution in [3.05, 3.63) is 73.0 Å². The third-order valence-corrected chi connectivity index (χ3v) is 10.8. The minimum atomic E-state index is 0.142. The van der Waals surface area contributed by atoms with Crippen molar-refractivity contribution >= 4 is 21.6 Å². The van der Waals surface area contributed by atoms with Gasteiger partial charge in [0.1, 0.15) is 5.03 Å². The Morgan fingerprint density at radius 2 is 1.06 bits per heavy atom. The molecule has 1 heterocycles. The molecule has 0 aliphatic carbocycles. The lowest BCUT2D eigenvalue weighted by atomic mass is 10.1. The summed E-state index contributed by atoms with van der Waals surface area (Å²) in [6.07, 6.45) is 51.3. The van der Waals surface area contributed by atoms with Gasteiger partial charge in [0, 0.05) is 25.2 Å². The molecule has 0 aliphatic rings. The van der Waals surface area contributed by atoms with Crippen LogP contribution in [0.2, 0.25) is 0 Å². The topological polar surface area (TPSA) is 31.4 Å². The third kappa shape index (κ3) is 34.9. The number of aromatic nitrogens is 1. The second-order valence-electron chi connectivity index (χ2n) is 13.3. The monoisotopic (exact) mass is 714 g/mol. The van der Waals surface area contributed by atoms with Gasteiger partial charge >= 0.3 is 0 Å². The Balaban J connectivity index is 2.07. The van der Waals surface area contributed by atoms with Crippen LogP contribution in [0.4, 0.5) is 0 Å². The maximum absolute atomic E-state index is 6.33. The van der Waals surface area contributed by atoms with Gasteiger partial charge in [-0.15, -0.1) is 0 Å². The van der Waals surface area contributed by atoms with E-state index in [0.717, 1.165) is 49.7 Å². The zero-order valence-corrected chi connectivity index (χ0v) is 33.5. The van der Waals surface area contributed by atoms with Crippen molar-refractivity contribution in [1.82, 2.24) is 4.98 Å². The summed E-state index contributed by atoms with van der Waals surface area (Å²) in [5.74, 6) is 0.924. The first-order valence-corrected chi connectivity index (χ1v) is 22.7. The maximum atomic E-state index is 6.33. The number of hydrogen-bond donors (Lipinski definition) is 0. The van der Waals surface area contributed by atoms with E-state index < -0.39 is 0 Å². The predicted molar refractivity (Wildman–Crippen MR) is 222 cm³/mol. The number of ether oxygens (including phenoxy) is 2. The number of hydrogen-bond acceptors (Lipinski definition) is 5. The fourth-order valence-corrected chi connectivity index (χ4v) is 7.55. The van der Waals surface area contributed by atoms with Crippen LogP contribution in [0.3, 0.4) is 0 Å². The van der Waals surface area contributed by atoms with Crippen molar-refractivity contribution in [2.75, 3.05) is 25.6 Å². The molecule has 1 unspecified atom stereocenters. The zero-order chi connectivity index (χ0) is 35.0. The number of rotatable bonds is 37. The summed E-state index contributed by atoms with van der Waals surface area (Å²) in [4.78, 5) is 4.44. The standard InChI is InChI=1S/C44H75NO2S2/c1-3-5-7-9-11-13-15-17-19-21-23-25-27-29-31-35-39-46-41-43(42-48-49-44-37-33-34-38-45-44)47-40-36-32-30-28-26-24-22-20-18-16-14-12-10-8-6-4-2/h11-14,17-20,33-34,37-38,43H,3-10,15-16,21-32,35-36,39-42H2,1-2H3. The Morgan fingerprint density at radius 1 is 0.571 bits per heavy atom. The predicted octanol–water partition coefficient (Wildman–Crippen LogP) is 14.9. The van der Waals surface area contributed by atoms with Crippen LogP contribution in [-0.4, -0.2) is 36.7 Å². The number of unbranched alkanes of at least 4 members (excludes halogenated alkanes) is 18. The van der Waals surface area contributed by atoms with Gasteiger partial charge in [-0.25, -0.2) is 4.98 Å². The molecule has 1 aromatic rings. The van der Waals surface area contributed by atoms with Gasteiger partial charge in [0.05, 0.1) is 12.7 Å². The first-order chi connectivity index (χ1) is 24.4. The summed E-state index contributed by atoms with van der Waals surface area (Å²) in [7, 11) is 3.56. The number of pyridine rings is 1. The average molecular weight is 714 g/mol. The molecule has 0 bridgehead atoms. The van der Waals surface area contributed by atoms with E-state index in [1.165, 1.54) is 128 Å². The van der Waals surface area contributed by atoms with Crippen LogP contribution in [-0.2, 0) is 9.47 Å². The fourth-order valence-electron chi connectivity index (χ4n) is 5.46. The van der Waals surface area contributed by atoms with Crippen LogP contribution >= 0.6 is 21.6 Å². The van der Waals surface area contributed by atoms with E-state index in [1.807, 2.05) is 29.1 Å². The second-order valence-corrected chi connectivity index (χ2v) is 15.6. The molecule has 1 aromatic heterocycles. The molecule has 0 aliphatic heterocycles. The fraction of sp³-hybridized carbons (Fsp3) is 0.705. The Kier molecular flexibility index (Phi) is 36.9. The Morgan fingerprint density at radius 3 is 1.57 bits per heavy atom. The molecule has 280 valence electrons. The molecule has 49 heavy (non-hydrogen) atoms. The average Bonchev–Trinajstić information content (AvgIpc) is 3.12. The van der Waals surface area contributed by atoms with E-state index in [0.29, 0.717) is 6.61 Å². The molecule has 0 spiro atoms. The molecule has 0 saturated carbocycles. The van der Waals surface area contributed by atoms with E-state index in [-0.39, 0.29) is 6.10 Å². The SMILES string of the molecule is CCCCCC=CCC=CCCCCCCCCOCC(CSSc1ccccn1)OCCCCCCCCC=CCC=CCCCCC. The smallest absolute Gasteiger partial charge is 0.106 e. The van der Waals surface area contributed by atoms with E-state index in [1.54, 1.807) is 10.8 Å². The zero-order valence-electron chi connectivity index (χ0n) is 31.9. The first-order valence-electron chi connectivity index (χ1n) is 20.4. The van der Waals surface area contributed by atoms with Crippen molar-refractivity contribution < 1.29 is 9.47 Å². The van der Waals surface area contributed by atoms with Crippen LogP contribution < -0.4 is 0 Å². The molecule has 0 saturated heterocycles. The lowest BCUT2D eigenvalue weighted by Gasteiger charge is -2.18. The van der Waals surface area contributed by atoms with Gasteiger partial charge in [0.15, 0.2) is 0 Å². The molecule has 0 fully saturated rings. The lowest BCUT2D eigenvalue weighted by Crippen LogP contribution is -2.23. The van der Waals surface area contributed by atoms with Crippen LogP contribution in [0.25, 0.3) is 0 Å². The largest absolute Gasteiger partial charge is 0.379 e. The normalized spacial score (nSPS) is 12.9. The Bertz CT molecular complexity index is 901. The Hall–Kier alpha value is -1.27. The van der Waals surface area contributed by atoms with Gasteiger partial charge in [0.25, 0.3) is 0 Å². The summed E-state index contributed by atoms with van der Waals surface area (Å²) in [6.45, 7) is 6.90. The quantitative estimate of drug-likeness (QED) is 0.0389. The number of allylic oxidation sites excluding steroid dienone is 8. The first kappa shape index (κ1) is 45.8. The van der Waals surface area contributed by atoms with E-state index in [2.05, 4.69) is 73.5 Å². The maximum Gasteiger partial charge on any atom is 0.106 e. The lowest BCUT2D eigenvalue weighted by molar-refractivity contribution is -0.00609. The van der Waals surface area contributed by atoms with Crippen molar-refractivity contribution in [3.63, 3.8) is 0 Å². The van der Waals surface area contributed by atoms with Gasteiger partial charge < -0.3 is 9.47 Å². The van der Waals surface area contributed by atoms with Crippen molar-refractivity contribution in [2.24, 2.45) is 0 Å².